The molecule has 0 bridgehead atoms. The molecule has 2 aliphatic rings. The van der Waals surface area contributed by atoms with Crippen molar-refractivity contribution in [1.29, 1.82) is 5.41 Å². The lowest BCUT2D eigenvalue weighted by atomic mass is 9.74. The molecule has 2 saturated carbocycles. The smallest absolute Gasteiger partial charge is 0.000831 e. The minimum Gasteiger partial charge on any atom is -0.313 e. The lowest BCUT2D eigenvalue weighted by molar-refractivity contribution is 0.239. The van der Waals surface area contributed by atoms with Crippen LogP contribution < -0.4 is 0 Å². The summed E-state index contributed by atoms with van der Waals surface area (Å²) in [7, 11) is 0. The molecule has 56 valence electrons. The van der Waals surface area contributed by atoms with Crippen LogP contribution in [0.1, 0.15) is 32.1 Å². The van der Waals surface area contributed by atoms with E-state index in [-0.39, 0.29) is 0 Å². The molecule has 0 aromatic carbocycles. The summed E-state index contributed by atoms with van der Waals surface area (Å²) in [5, 5.41) is 7.27. The standard InChI is InChI=1S/C9H15N/c10-6-9(8-4-5-8)7-2-1-3-7/h6-10H,1-5H2. The highest BCUT2D eigenvalue weighted by molar-refractivity contribution is 5.58. The van der Waals surface area contributed by atoms with Crippen molar-refractivity contribution in [3.63, 3.8) is 0 Å². The van der Waals surface area contributed by atoms with E-state index in [2.05, 4.69) is 0 Å². The molecule has 1 unspecified atom stereocenters. The molecule has 0 heterocycles. The van der Waals surface area contributed by atoms with Gasteiger partial charge in [-0.25, -0.2) is 0 Å². The first-order valence-corrected chi connectivity index (χ1v) is 4.42. The fraction of sp³-hybridized carbons (Fsp3) is 0.889. The van der Waals surface area contributed by atoms with Crippen molar-refractivity contribution in [3.05, 3.63) is 0 Å². The molecule has 1 nitrogen and oxygen atoms in total. The Morgan fingerprint density at radius 1 is 1.10 bits per heavy atom. The molecule has 0 saturated heterocycles. The monoisotopic (exact) mass is 137 g/mol. The summed E-state index contributed by atoms with van der Waals surface area (Å²) in [5.74, 6) is 2.50. The van der Waals surface area contributed by atoms with Crippen LogP contribution in [0.15, 0.2) is 0 Å². The van der Waals surface area contributed by atoms with Gasteiger partial charge in [-0.1, -0.05) is 6.42 Å². The van der Waals surface area contributed by atoms with Crippen molar-refractivity contribution < 1.29 is 0 Å². The van der Waals surface area contributed by atoms with E-state index in [9.17, 15) is 0 Å². The van der Waals surface area contributed by atoms with Gasteiger partial charge in [0, 0.05) is 0 Å². The highest BCUT2D eigenvalue weighted by Crippen LogP contribution is 2.45. The zero-order valence-electron chi connectivity index (χ0n) is 6.34. The van der Waals surface area contributed by atoms with Gasteiger partial charge in [0.05, 0.1) is 0 Å². The van der Waals surface area contributed by atoms with Crippen LogP contribution in [-0.4, -0.2) is 6.21 Å². The van der Waals surface area contributed by atoms with E-state index in [1.165, 1.54) is 32.1 Å². The topological polar surface area (TPSA) is 23.9 Å². The Kier molecular flexibility index (Phi) is 1.51. The second kappa shape index (κ2) is 2.37. The highest BCUT2D eigenvalue weighted by atomic mass is 14.5. The molecule has 0 aromatic heterocycles. The Morgan fingerprint density at radius 3 is 2.00 bits per heavy atom. The van der Waals surface area contributed by atoms with Gasteiger partial charge in [-0.2, -0.15) is 0 Å². The fourth-order valence-electron chi connectivity index (χ4n) is 1.96. The van der Waals surface area contributed by atoms with E-state index in [0.29, 0.717) is 5.92 Å². The van der Waals surface area contributed by atoms with Crippen LogP contribution >= 0.6 is 0 Å². The van der Waals surface area contributed by atoms with Gasteiger partial charge in [0.2, 0.25) is 0 Å². The summed E-state index contributed by atoms with van der Waals surface area (Å²) in [4.78, 5) is 0. The third-order valence-electron chi connectivity index (χ3n) is 3.05. The lowest BCUT2D eigenvalue weighted by Gasteiger charge is -2.31. The first-order valence-electron chi connectivity index (χ1n) is 4.42. The predicted molar refractivity (Wildman–Crippen MR) is 42.3 cm³/mol. The third kappa shape index (κ3) is 0.979. The molecule has 0 aliphatic heterocycles. The van der Waals surface area contributed by atoms with Crippen molar-refractivity contribution in [1.82, 2.24) is 0 Å². The van der Waals surface area contributed by atoms with Crippen molar-refractivity contribution in [2.75, 3.05) is 0 Å². The third-order valence-corrected chi connectivity index (χ3v) is 3.05. The molecular formula is C9H15N. The highest BCUT2D eigenvalue weighted by Gasteiger charge is 2.37. The zero-order valence-corrected chi connectivity index (χ0v) is 6.34. The van der Waals surface area contributed by atoms with E-state index in [4.69, 9.17) is 5.41 Å². The predicted octanol–water partition coefficient (Wildman–Crippen LogP) is 2.46. The average Bonchev–Trinajstić information content (AvgIpc) is 2.58. The molecule has 2 fully saturated rings. The van der Waals surface area contributed by atoms with Gasteiger partial charge in [-0.15, -0.1) is 0 Å². The van der Waals surface area contributed by atoms with E-state index >= 15 is 0 Å². The van der Waals surface area contributed by atoms with Gasteiger partial charge in [-0.3, -0.25) is 0 Å². The quantitative estimate of drug-likeness (QED) is 0.578. The lowest BCUT2D eigenvalue weighted by Crippen LogP contribution is -2.24. The Morgan fingerprint density at radius 2 is 1.70 bits per heavy atom. The minimum atomic E-state index is 0.675. The van der Waals surface area contributed by atoms with Gasteiger partial charge >= 0.3 is 0 Å². The number of rotatable bonds is 3. The normalized spacial score (nSPS) is 29.2. The van der Waals surface area contributed by atoms with Gasteiger partial charge in [0.15, 0.2) is 0 Å². The summed E-state index contributed by atoms with van der Waals surface area (Å²) >= 11 is 0. The van der Waals surface area contributed by atoms with E-state index < -0.39 is 0 Å². The van der Waals surface area contributed by atoms with Crippen LogP contribution in [0.4, 0.5) is 0 Å². The maximum atomic E-state index is 7.27. The van der Waals surface area contributed by atoms with Crippen molar-refractivity contribution >= 4 is 6.21 Å². The van der Waals surface area contributed by atoms with Crippen LogP contribution in [0.25, 0.3) is 0 Å². The summed E-state index contributed by atoms with van der Waals surface area (Å²) < 4.78 is 0. The fourth-order valence-corrected chi connectivity index (χ4v) is 1.96. The molecular weight excluding hydrogens is 122 g/mol. The second-order valence-electron chi connectivity index (χ2n) is 3.77. The minimum absolute atomic E-state index is 0.675. The first-order chi connectivity index (χ1) is 4.92. The van der Waals surface area contributed by atoms with Gasteiger partial charge < -0.3 is 5.41 Å². The number of nitrogens with one attached hydrogen (secondary N) is 1. The van der Waals surface area contributed by atoms with Crippen LogP contribution in [0.3, 0.4) is 0 Å². The number of hydrogen-bond donors (Lipinski definition) is 1. The van der Waals surface area contributed by atoms with Crippen LogP contribution in [0, 0.1) is 23.2 Å². The molecule has 0 aromatic rings. The van der Waals surface area contributed by atoms with Crippen molar-refractivity contribution in [3.8, 4) is 0 Å². The maximum absolute atomic E-state index is 7.27. The summed E-state index contributed by atoms with van der Waals surface area (Å²) in [6.07, 6.45) is 8.73. The van der Waals surface area contributed by atoms with Gasteiger partial charge in [0.1, 0.15) is 0 Å². The largest absolute Gasteiger partial charge is 0.313 e. The second-order valence-corrected chi connectivity index (χ2v) is 3.77. The zero-order chi connectivity index (χ0) is 6.97. The Hall–Kier alpha value is -0.330. The van der Waals surface area contributed by atoms with E-state index in [1.54, 1.807) is 6.21 Å². The molecule has 2 aliphatic carbocycles. The summed E-state index contributed by atoms with van der Waals surface area (Å²) in [5.41, 5.74) is 0. The first kappa shape index (κ1) is 6.38. The molecule has 1 N–H and O–H groups in total. The Bertz CT molecular complexity index is 134. The van der Waals surface area contributed by atoms with Crippen molar-refractivity contribution in [2.45, 2.75) is 32.1 Å². The average molecular weight is 137 g/mol. The molecule has 0 amide bonds. The van der Waals surface area contributed by atoms with Crippen LogP contribution in [0.2, 0.25) is 0 Å². The summed E-state index contributed by atoms with van der Waals surface area (Å²) in [6, 6.07) is 0. The molecule has 0 radical (unpaired) electrons. The molecule has 10 heavy (non-hydrogen) atoms. The molecule has 0 spiro atoms. The van der Waals surface area contributed by atoms with Crippen LogP contribution in [0.5, 0.6) is 0 Å². The van der Waals surface area contributed by atoms with Gasteiger partial charge in [-0.05, 0) is 49.7 Å². The SMILES string of the molecule is N=CC(C1CCC1)C1CC1. The number of hydrogen-bond acceptors (Lipinski definition) is 1. The maximum Gasteiger partial charge on any atom is -0.000831 e. The summed E-state index contributed by atoms with van der Waals surface area (Å²) in [6.45, 7) is 0. The van der Waals surface area contributed by atoms with Crippen molar-refractivity contribution in [2.24, 2.45) is 17.8 Å². The van der Waals surface area contributed by atoms with E-state index in [0.717, 1.165) is 11.8 Å². The molecule has 2 rings (SSSR count). The Balaban J connectivity index is 1.89. The van der Waals surface area contributed by atoms with Crippen LogP contribution in [-0.2, 0) is 0 Å². The Labute approximate surface area is 62.3 Å². The van der Waals surface area contributed by atoms with E-state index in [1.807, 2.05) is 0 Å². The molecule has 1 atom stereocenters. The van der Waals surface area contributed by atoms with Gasteiger partial charge in [0.25, 0.3) is 0 Å². The molecule has 1 heteroatoms.